The standard InChI is InChI=1S/C4H6O2.2C3H9N.C3H4O2/c1-3(2)4(5)6;2*1-4(2)3;1-2-3(4)5/h1H2,2H3,(H,5,6);2*1-3H3;2H,1H2,(H,4,5). The molecule has 0 aromatic rings. The summed E-state index contributed by atoms with van der Waals surface area (Å²) in [6.07, 6.45) is 0.722. The molecule has 0 saturated carbocycles. The predicted octanol–water partition coefficient (Wildman–Crippen LogP) is -4.24. The molecule has 0 amide bonds. The van der Waals surface area contributed by atoms with Crippen molar-refractivity contribution in [2.24, 2.45) is 0 Å². The summed E-state index contributed by atoms with van der Waals surface area (Å²) in [6, 6.07) is 0. The van der Waals surface area contributed by atoms with Crippen molar-refractivity contribution in [1.29, 1.82) is 0 Å². The van der Waals surface area contributed by atoms with Gasteiger partial charge in [0, 0.05) is 0 Å². The summed E-state index contributed by atoms with van der Waals surface area (Å²) < 4.78 is 0. The Morgan fingerprint density at radius 3 is 1.05 bits per heavy atom. The summed E-state index contributed by atoms with van der Waals surface area (Å²) >= 11 is 0. The minimum absolute atomic E-state index is 0.0648. The van der Waals surface area contributed by atoms with E-state index in [0.29, 0.717) is 0 Å². The van der Waals surface area contributed by atoms with Crippen LogP contribution in [0.5, 0.6) is 0 Å². The fourth-order valence-electron chi connectivity index (χ4n) is 0. The summed E-state index contributed by atoms with van der Waals surface area (Å²) in [5.41, 5.74) is 0.0648. The third kappa shape index (κ3) is 178. The SMILES string of the molecule is C=C(C)C(=O)[O-].C=CC(=O)[O-].C[NH+](C)C.C[NH+](C)C. The molecule has 0 aromatic carbocycles. The number of nitrogens with one attached hydrogen (secondary N) is 2. The largest absolute Gasteiger partial charge is 0.545 e. The van der Waals surface area contributed by atoms with Gasteiger partial charge >= 0.3 is 0 Å². The van der Waals surface area contributed by atoms with E-state index in [4.69, 9.17) is 9.90 Å². The fraction of sp³-hybridized carbons (Fsp3) is 0.538. The number of quaternary nitrogens is 2. The Balaban J connectivity index is -0.0000000803. The van der Waals surface area contributed by atoms with Gasteiger partial charge in [-0.15, -0.1) is 0 Å². The Bertz CT molecular complexity index is 238. The third-order valence-electron chi connectivity index (χ3n) is 0.515. The Morgan fingerprint density at radius 1 is 0.947 bits per heavy atom. The van der Waals surface area contributed by atoms with Crippen LogP contribution in [-0.4, -0.2) is 54.2 Å². The number of carbonyl (C=O) groups is 2. The normalized spacial score (nSPS) is 7.84. The lowest BCUT2D eigenvalue weighted by atomic mass is 10.4. The van der Waals surface area contributed by atoms with E-state index >= 15 is 0 Å². The van der Waals surface area contributed by atoms with Crippen LogP contribution in [0.3, 0.4) is 0 Å². The molecular weight excluding hydrogens is 248 g/mol. The van der Waals surface area contributed by atoms with Gasteiger partial charge in [0.1, 0.15) is 0 Å². The molecular formula is C13H28N2O4. The van der Waals surface area contributed by atoms with Gasteiger partial charge in [0.2, 0.25) is 0 Å². The van der Waals surface area contributed by atoms with Crippen molar-refractivity contribution in [2.45, 2.75) is 6.92 Å². The van der Waals surface area contributed by atoms with Crippen molar-refractivity contribution >= 4 is 11.9 Å². The van der Waals surface area contributed by atoms with E-state index in [1.165, 1.54) is 16.7 Å². The highest BCUT2D eigenvalue weighted by molar-refractivity contribution is 5.82. The zero-order valence-corrected chi connectivity index (χ0v) is 13.1. The Labute approximate surface area is 116 Å². The van der Waals surface area contributed by atoms with E-state index in [1.54, 1.807) is 0 Å². The molecule has 0 bridgehead atoms. The van der Waals surface area contributed by atoms with Crippen LogP contribution in [0, 0.1) is 0 Å². The molecule has 6 nitrogen and oxygen atoms in total. The molecule has 0 radical (unpaired) electrons. The van der Waals surface area contributed by atoms with Gasteiger partial charge in [-0.1, -0.05) is 13.2 Å². The highest BCUT2D eigenvalue weighted by Crippen LogP contribution is 1.77. The quantitative estimate of drug-likeness (QED) is 0.500. The summed E-state index contributed by atoms with van der Waals surface area (Å²) in [7, 11) is 12.5. The van der Waals surface area contributed by atoms with Crippen molar-refractivity contribution in [2.75, 3.05) is 42.3 Å². The molecule has 19 heavy (non-hydrogen) atoms. The second-order valence-corrected chi connectivity index (χ2v) is 4.59. The lowest BCUT2D eigenvalue weighted by Crippen LogP contribution is -3.02. The maximum Gasteiger partial charge on any atom is 0.0666 e. The van der Waals surface area contributed by atoms with Crippen LogP contribution in [0.2, 0.25) is 0 Å². The van der Waals surface area contributed by atoms with Crippen LogP contribution in [-0.2, 0) is 9.59 Å². The van der Waals surface area contributed by atoms with E-state index in [9.17, 15) is 9.90 Å². The van der Waals surface area contributed by atoms with Crippen molar-refractivity contribution in [3.05, 3.63) is 24.8 Å². The van der Waals surface area contributed by atoms with Gasteiger partial charge in [-0.2, -0.15) is 0 Å². The zero-order chi connectivity index (χ0) is 16.6. The first-order valence-electron chi connectivity index (χ1n) is 5.62. The van der Waals surface area contributed by atoms with Gasteiger partial charge in [0.15, 0.2) is 0 Å². The van der Waals surface area contributed by atoms with Crippen LogP contribution in [0.1, 0.15) is 6.92 Å². The highest BCUT2D eigenvalue weighted by Gasteiger charge is 1.76. The summed E-state index contributed by atoms with van der Waals surface area (Å²) in [4.78, 5) is 21.5. The Kier molecular flexibility index (Phi) is 25.6. The molecule has 0 aliphatic rings. The third-order valence-corrected chi connectivity index (χ3v) is 0.515. The fourth-order valence-corrected chi connectivity index (χ4v) is 0. The van der Waals surface area contributed by atoms with E-state index in [-0.39, 0.29) is 5.57 Å². The van der Waals surface area contributed by atoms with Crippen molar-refractivity contribution in [1.82, 2.24) is 0 Å². The number of rotatable bonds is 2. The lowest BCUT2D eigenvalue weighted by Gasteiger charge is -1.93. The zero-order valence-electron chi connectivity index (χ0n) is 13.1. The topological polar surface area (TPSA) is 89.1 Å². The van der Waals surface area contributed by atoms with Crippen molar-refractivity contribution < 1.29 is 29.6 Å². The van der Waals surface area contributed by atoms with Gasteiger partial charge < -0.3 is 29.6 Å². The molecule has 0 atom stereocenters. The summed E-state index contributed by atoms with van der Waals surface area (Å²) in [5, 5.41) is 18.6. The molecule has 6 heteroatoms. The molecule has 0 heterocycles. The van der Waals surface area contributed by atoms with E-state index in [0.717, 1.165) is 6.08 Å². The second kappa shape index (κ2) is 18.7. The predicted molar refractivity (Wildman–Crippen MR) is 72.5 cm³/mol. The van der Waals surface area contributed by atoms with Crippen LogP contribution in [0.15, 0.2) is 24.8 Å². The molecule has 0 aromatic heterocycles. The Hall–Kier alpha value is -1.66. The van der Waals surface area contributed by atoms with E-state index in [2.05, 4.69) is 55.4 Å². The second-order valence-electron chi connectivity index (χ2n) is 4.59. The van der Waals surface area contributed by atoms with Crippen molar-refractivity contribution in [3.8, 4) is 0 Å². The first-order chi connectivity index (χ1) is 8.38. The molecule has 0 spiro atoms. The first-order valence-corrected chi connectivity index (χ1v) is 5.62. The number of carboxylic acid groups (broad SMARTS) is 2. The molecule has 0 aliphatic heterocycles. The van der Waals surface area contributed by atoms with E-state index < -0.39 is 11.9 Å². The summed E-state index contributed by atoms with van der Waals surface area (Å²) in [6.45, 7) is 7.38. The van der Waals surface area contributed by atoms with Crippen LogP contribution < -0.4 is 20.0 Å². The van der Waals surface area contributed by atoms with Crippen molar-refractivity contribution in [3.63, 3.8) is 0 Å². The average molecular weight is 276 g/mol. The molecule has 0 aliphatic carbocycles. The van der Waals surface area contributed by atoms with Crippen LogP contribution in [0.4, 0.5) is 0 Å². The molecule has 0 fully saturated rings. The molecule has 0 saturated heterocycles. The van der Waals surface area contributed by atoms with E-state index in [1.807, 2.05) is 0 Å². The summed E-state index contributed by atoms with van der Waals surface area (Å²) in [5.74, 6) is -2.42. The number of hydrogen-bond donors (Lipinski definition) is 2. The minimum atomic E-state index is -1.23. The number of aliphatic carboxylic acids is 2. The first kappa shape index (κ1) is 26.0. The number of carboxylic acids is 2. The number of carbonyl (C=O) groups excluding carboxylic acids is 2. The van der Waals surface area contributed by atoms with Gasteiger partial charge in [-0.05, 0) is 18.6 Å². The smallest absolute Gasteiger partial charge is 0.0666 e. The van der Waals surface area contributed by atoms with Crippen LogP contribution >= 0.6 is 0 Å². The molecule has 0 unspecified atom stereocenters. The van der Waals surface area contributed by atoms with Gasteiger partial charge in [0.25, 0.3) is 0 Å². The maximum absolute atomic E-state index is 9.49. The number of hydrogen-bond acceptors (Lipinski definition) is 4. The van der Waals surface area contributed by atoms with Gasteiger partial charge in [-0.25, -0.2) is 0 Å². The molecule has 2 N–H and O–H groups in total. The average Bonchev–Trinajstić information content (AvgIpc) is 2.16. The van der Waals surface area contributed by atoms with Crippen LogP contribution in [0.25, 0.3) is 0 Å². The minimum Gasteiger partial charge on any atom is -0.545 e. The lowest BCUT2D eigenvalue weighted by molar-refractivity contribution is -0.836. The maximum atomic E-state index is 9.49. The molecule has 0 rings (SSSR count). The Morgan fingerprint density at radius 2 is 1.05 bits per heavy atom. The molecule has 114 valence electrons. The van der Waals surface area contributed by atoms with Gasteiger partial charge in [-0.3, -0.25) is 0 Å². The highest BCUT2D eigenvalue weighted by atomic mass is 16.4. The monoisotopic (exact) mass is 276 g/mol. The van der Waals surface area contributed by atoms with Gasteiger partial charge in [0.05, 0.1) is 54.2 Å².